The minimum absolute atomic E-state index is 0.116. The molecule has 1 aromatic rings. The van der Waals surface area contributed by atoms with Crippen LogP contribution in [0.25, 0.3) is 0 Å². The Labute approximate surface area is 107 Å². The van der Waals surface area contributed by atoms with E-state index in [0.29, 0.717) is 31.7 Å². The number of carbonyl (C=O) groups excluding carboxylic acids is 1. The van der Waals surface area contributed by atoms with E-state index < -0.39 is 0 Å². The summed E-state index contributed by atoms with van der Waals surface area (Å²) in [5.41, 5.74) is 1.40. The Kier molecular flexibility index (Phi) is 5.81. The molecule has 0 saturated carbocycles. The standard InChI is InChI=1S/C13H17N3O2/c1-11-4-5-12(10-15-11)13(17)16(7-3-6-14)8-9-18-2/h4-5,10H,3,7-9H2,1-2H3. The average molecular weight is 247 g/mol. The van der Waals surface area contributed by atoms with Crippen LogP contribution in [-0.2, 0) is 4.74 Å². The molecule has 0 aliphatic heterocycles. The monoisotopic (exact) mass is 247 g/mol. The second-order valence-corrected chi connectivity index (χ2v) is 3.88. The Morgan fingerprint density at radius 2 is 2.28 bits per heavy atom. The number of nitriles is 1. The molecule has 0 saturated heterocycles. The predicted octanol–water partition coefficient (Wildman–Crippen LogP) is 1.39. The fourth-order valence-electron chi connectivity index (χ4n) is 1.48. The first-order chi connectivity index (χ1) is 8.69. The number of pyridine rings is 1. The summed E-state index contributed by atoms with van der Waals surface area (Å²) in [6, 6.07) is 5.58. The van der Waals surface area contributed by atoms with Gasteiger partial charge >= 0.3 is 0 Å². The van der Waals surface area contributed by atoms with Crippen molar-refractivity contribution in [2.75, 3.05) is 26.8 Å². The van der Waals surface area contributed by atoms with Crippen LogP contribution in [0.1, 0.15) is 22.5 Å². The smallest absolute Gasteiger partial charge is 0.255 e. The van der Waals surface area contributed by atoms with Crippen molar-refractivity contribution < 1.29 is 9.53 Å². The van der Waals surface area contributed by atoms with Crippen LogP contribution in [0.3, 0.4) is 0 Å². The zero-order chi connectivity index (χ0) is 13.4. The lowest BCUT2D eigenvalue weighted by molar-refractivity contribution is 0.0699. The first-order valence-electron chi connectivity index (χ1n) is 5.77. The molecule has 1 aromatic heterocycles. The Hall–Kier alpha value is -1.93. The van der Waals surface area contributed by atoms with Crippen LogP contribution in [0.15, 0.2) is 18.3 Å². The van der Waals surface area contributed by atoms with Crippen molar-refractivity contribution in [1.82, 2.24) is 9.88 Å². The number of ether oxygens (including phenoxy) is 1. The number of nitrogens with zero attached hydrogens (tertiary/aromatic N) is 3. The minimum Gasteiger partial charge on any atom is -0.383 e. The number of hydrogen-bond acceptors (Lipinski definition) is 4. The van der Waals surface area contributed by atoms with Gasteiger partial charge in [-0.15, -0.1) is 0 Å². The largest absolute Gasteiger partial charge is 0.383 e. The van der Waals surface area contributed by atoms with Gasteiger partial charge < -0.3 is 9.64 Å². The van der Waals surface area contributed by atoms with Gasteiger partial charge in [-0.25, -0.2) is 0 Å². The Morgan fingerprint density at radius 3 is 2.83 bits per heavy atom. The van der Waals surface area contributed by atoms with Crippen LogP contribution in [0, 0.1) is 18.3 Å². The van der Waals surface area contributed by atoms with Crippen LogP contribution < -0.4 is 0 Å². The molecular formula is C13H17N3O2. The molecule has 0 aliphatic rings. The van der Waals surface area contributed by atoms with Crippen LogP contribution in [0.2, 0.25) is 0 Å². The van der Waals surface area contributed by atoms with Crippen LogP contribution in [-0.4, -0.2) is 42.6 Å². The predicted molar refractivity (Wildman–Crippen MR) is 67.0 cm³/mol. The maximum Gasteiger partial charge on any atom is 0.255 e. The van der Waals surface area contributed by atoms with Gasteiger partial charge in [-0.1, -0.05) is 0 Å². The molecule has 5 nitrogen and oxygen atoms in total. The average Bonchev–Trinajstić information content (AvgIpc) is 2.39. The fraction of sp³-hybridized carbons (Fsp3) is 0.462. The highest BCUT2D eigenvalue weighted by Crippen LogP contribution is 2.05. The lowest BCUT2D eigenvalue weighted by Crippen LogP contribution is -2.34. The normalized spacial score (nSPS) is 9.83. The molecule has 1 amide bonds. The molecule has 0 aromatic carbocycles. The summed E-state index contributed by atoms with van der Waals surface area (Å²) in [5.74, 6) is -0.116. The Balaban J connectivity index is 2.74. The van der Waals surface area contributed by atoms with Crippen molar-refractivity contribution >= 4 is 5.91 Å². The van der Waals surface area contributed by atoms with E-state index in [9.17, 15) is 4.79 Å². The van der Waals surface area contributed by atoms with E-state index in [0.717, 1.165) is 5.69 Å². The number of carbonyl (C=O) groups is 1. The third kappa shape index (κ3) is 4.15. The summed E-state index contributed by atoms with van der Waals surface area (Å²) < 4.78 is 4.97. The molecular weight excluding hydrogens is 230 g/mol. The summed E-state index contributed by atoms with van der Waals surface area (Å²) in [4.78, 5) is 17.9. The van der Waals surface area contributed by atoms with Gasteiger partial charge in [-0.05, 0) is 19.1 Å². The summed E-state index contributed by atoms with van der Waals surface area (Å²) in [6.07, 6.45) is 1.87. The molecule has 0 bridgehead atoms. The third-order valence-corrected chi connectivity index (χ3v) is 2.50. The topological polar surface area (TPSA) is 66.2 Å². The van der Waals surface area contributed by atoms with Crippen molar-refractivity contribution in [3.8, 4) is 6.07 Å². The molecule has 0 N–H and O–H groups in total. The van der Waals surface area contributed by atoms with E-state index in [1.54, 1.807) is 30.3 Å². The molecule has 0 unspecified atom stereocenters. The summed E-state index contributed by atoms with van der Waals surface area (Å²) in [7, 11) is 1.58. The summed E-state index contributed by atoms with van der Waals surface area (Å²) >= 11 is 0. The highest BCUT2D eigenvalue weighted by atomic mass is 16.5. The molecule has 1 rings (SSSR count). The van der Waals surface area contributed by atoms with Crippen LogP contribution in [0.4, 0.5) is 0 Å². The Bertz CT molecular complexity index is 423. The molecule has 0 fully saturated rings. The lowest BCUT2D eigenvalue weighted by atomic mass is 10.2. The van der Waals surface area contributed by atoms with Gasteiger partial charge in [-0.2, -0.15) is 5.26 Å². The number of aryl methyl sites for hydroxylation is 1. The zero-order valence-corrected chi connectivity index (χ0v) is 10.7. The van der Waals surface area contributed by atoms with E-state index in [4.69, 9.17) is 10.00 Å². The number of rotatable bonds is 6. The van der Waals surface area contributed by atoms with Gasteiger partial charge in [-0.3, -0.25) is 9.78 Å². The molecule has 0 spiro atoms. The second kappa shape index (κ2) is 7.41. The van der Waals surface area contributed by atoms with Crippen molar-refractivity contribution in [3.63, 3.8) is 0 Å². The number of amides is 1. The van der Waals surface area contributed by atoms with Gasteiger partial charge in [0.1, 0.15) is 0 Å². The molecule has 0 radical (unpaired) electrons. The SMILES string of the molecule is COCCN(CCC#N)C(=O)c1ccc(C)nc1. The van der Waals surface area contributed by atoms with E-state index in [1.807, 2.05) is 13.0 Å². The lowest BCUT2D eigenvalue weighted by Gasteiger charge is -2.21. The van der Waals surface area contributed by atoms with Crippen molar-refractivity contribution in [1.29, 1.82) is 5.26 Å². The maximum atomic E-state index is 12.2. The van der Waals surface area contributed by atoms with Gasteiger partial charge in [0, 0.05) is 32.1 Å². The van der Waals surface area contributed by atoms with E-state index in [1.165, 1.54) is 0 Å². The van der Waals surface area contributed by atoms with Gasteiger partial charge in [0.25, 0.3) is 5.91 Å². The number of methoxy groups -OCH3 is 1. The number of aromatic nitrogens is 1. The van der Waals surface area contributed by atoms with Gasteiger partial charge in [0.05, 0.1) is 24.7 Å². The molecule has 0 atom stereocenters. The van der Waals surface area contributed by atoms with Crippen LogP contribution in [0.5, 0.6) is 0 Å². The second-order valence-electron chi connectivity index (χ2n) is 3.88. The molecule has 18 heavy (non-hydrogen) atoms. The highest BCUT2D eigenvalue weighted by molar-refractivity contribution is 5.93. The van der Waals surface area contributed by atoms with Crippen molar-refractivity contribution in [3.05, 3.63) is 29.6 Å². The van der Waals surface area contributed by atoms with E-state index in [2.05, 4.69) is 4.98 Å². The minimum atomic E-state index is -0.116. The Morgan fingerprint density at radius 1 is 1.50 bits per heavy atom. The molecule has 0 aliphatic carbocycles. The maximum absolute atomic E-state index is 12.2. The highest BCUT2D eigenvalue weighted by Gasteiger charge is 2.15. The zero-order valence-electron chi connectivity index (χ0n) is 10.7. The summed E-state index contributed by atoms with van der Waals surface area (Å²) in [6.45, 7) is 3.21. The van der Waals surface area contributed by atoms with E-state index >= 15 is 0 Å². The third-order valence-electron chi connectivity index (χ3n) is 2.50. The first kappa shape index (κ1) is 14.1. The summed E-state index contributed by atoms with van der Waals surface area (Å²) in [5, 5.41) is 8.60. The molecule has 1 heterocycles. The first-order valence-corrected chi connectivity index (χ1v) is 5.77. The van der Waals surface area contributed by atoms with Crippen molar-refractivity contribution in [2.45, 2.75) is 13.3 Å². The molecule has 5 heteroatoms. The van der Waals surface area contributed by atoms with Crippen LogP contribution >= 0.6 is 0 Å². The van der Waals surface area contributed by atoms with E-state index in [-0.39, 0.29) is 5.91 Å². The quantitative estimate of drug-likeness (QED) is 0.762. The fourth-order valence-corrected chi connectivity index (χ4v) is 1.48. The number of hydrogen-bond donors (Lipinski definition) is 0. The van der Waals surface area contributed by atoms with Gasteiger partial charge in [0.15, 0.2) is 0 Å². The van der Waals surface area contributed by atoms with Crippen molar-refractivity contribution in [2.24, 2.45) is 0 Å². The molecule has 96 valence electrons. The van der Waals surface area contributed by atoms with Gasteiger partial charge in [0.2, 0.25) is 0 Å².